The second-order valence-electron chi connectivity index (χ2n) is 5.71. The molecule has 2 atom stereocenters. The number of hydrogen-bond acceptors (Lipinski definition) is 4. The molecule has 1 aliphatic carbocycles. The molecule has 106 valence electrons. The van der Waals surface area contributed by atoms with Gasteiger partial charge in [0.2, 0.25) is 5.91 Å². The molecule has 1 amide bonds. The fraction of sp³-hybridized carbons (Fsp3) is 0.333. The number of carbonyl (C=O) groups is 2. The number of carbonyl (C=O) groups excluding carboxylic acids is 1. The molecule has 1 saturated carbocycles. The van der Waals surface area contributed by atoms with Gasteiger partial charge in [0.15, 0.2) is 0 Å². The van der Waals surface area contributed by atoms with E-state index in [1.54, 1.807) is 12.3 Å². The Morgan fingerprint density at radius 2 is 2.29 bits per heavy atom. The van der Waals surface area contributed by atoms with Crippen molar-refractivity contribution in [3.05, 3.63) is 35.5 Å². The number of aliphatic imine (C=N–C) groups is 1. The van der Waals surface area contributed by atoms with Crippen LogP contribution in [0, 0.1) is 5.92 Å². The molecular formula is C15H13N3O3. The van der Waals surface area contributed by atoms with Crippen LogP contribution in [0.15, 0.2) is 35.0 Å². The summed E-state index contributed by atoms with van der Waals surface area (Å²) >= 11 is 0. The van der Waals surface area contributed by atoms with Crippen LogP contribution in [0.1, 0.15) is 18.4 Å². The summed E-state index contributed by atoms with van der Waals surface area (Å²) in [5.74, 6) is -0.917. The number of fused-ring (bicyclic) bond motifs is 3. The van der Waals surface area contributed by atoms with Crippen molar-refractivity contribution in [2.75, 3.05) is 11.9 Å². The Morgan fingerprint density at radius 3 is 3.10 bits per heavy atom. The minimum Gasteiger partial charge on any atom is -0.481 e. The lowest BCUT2D eigenvalue weighted by Gasteiger charge is -2.19. The minimum atomic E-state index is -0.871. The van der Waals surface area contributed by atoms with Gasteiger partial charge in [-0.15, -0.1) is 0 Å². The van der Waals surface area contributed by atoms with Crippen molar-refractivity contribution in [2.45, 2.75) is 18.3 Å². The number of nitrogens with zero attached hydrogens (tertiary/aromatic N) is 2. The normalized spacial score (nSPS) is 29.5. The predicted octanol–water partition coefficient (Wildman–Crippen LogP) is 1.15. The van der Waals surface area contributed by atoms with Crippen molar-refractivity contribution < 1.29 is 14.7 Å². The fourth-order valence-electron chi connectivity index (χ4n) is 3.45. The Labute approximate surface area is 120 Å². The first-order valence-corrected chi connectivity index (χ1v) is 6.84. The molecular weight excluding hydrogens is 270 g/mol. The average molecular weight is 283 g/mol. The second-order valence-corrected chi connectivity index (χ2v) is 5.71. The summed E-state index contributed by atoms with van der Waals surface area (Å²) < 4.78 is 0. The van der Waals surface area contributed by atoms with Crippen LogP contribution < -0.4 is 5.32 Å². The number of anilines is 1. The summed E-state index contributed by atoms with van der Waals surface area (Å²) in [5.41, 5.74) is 1.97. The number of aliphatic carboxylic acids is 1. The molecule has 3 heterocycles. The Hall–Kier alpha value is -2.50. The zero-order valence-electron chi connectivity index (χ0n) is 11.2. The van der Waals surface area contributed by atoms with Gasteiger partial charge in [-0.1, -0.05) is 12.1 Å². The summed E-state index contributed by atoms with van der Waals surface area (Å²) in [6.07, 6.45) is 4.42. The van der Waals surface area contributed by atoms with Crippen molar-refractivity contribution in [3.63, 3.8) is 0 Å². The van der Waals surface area contributed by atoms with Crippen LogP contribution in [-0.4, -0.2) is 34.2 Å². The molecule has 6 nitrogen and oxygen atoms in total. The Bertz CT molecular complexity index is 737. The molecule has 1 fully saturated rings. The van der Waals surface area contributed by atoms with Gasteiger partial charge in [-0.25, -0.2) is 4.98 Å². The van der Waals surface area contributed by atoms with E-state index in [-0.39, 0.29) is 12.5 Å². The summed E-state index contributed by atoms with van der Waals surface area (Å²) in [4.78, 5) is 32.2. The summed E-state index contributed by atoms with van der Waals surface area (Å²) in [6.45, 7) is 0.256. The zero-order valence-corrected chi connectivity index (χ0v) is 11.2. The SMILES string of the molecule is O=C(O)C1C=C2C[C@@]3(CC2=NC1)C(=O)Nc1ncccc13. The number of aromatic nitrogens is 1. The van der Waals surface area contributed by atoms with Crippen molar-refractivity contribution in [2.24, 2.45) is 10.9 Å². The van der Waals surface area contributed by atoms with Gasteiger partial charge < -0.3 is 10.4 Å². The number of pyridine rings is 1. The third-order valence-electron chi connectivity index (χ3n) is 4.52. The number of rotatable bonds is 1. The number of carboxylic acid groups (broad SMARTS) is 1. The molecule has 0 bridgehead atoms. The first kappa shape index (κ1) is 12.3. The van der Waals surface area contributed by atoms with Gasteiger partial charge in [0.1, 0.15) is 5.82 Å². The van der Waals surface area contributed by atoms with Crippen LogP contribution in [0.3, 0.4) is 0 Å². The highest BCUT2D eigenvalue weighted by Crippen LogP contribution is 2.49. The highest BCUT2D eigenvalue weighted by atomic mass is 16.4. The van der Waals surface area contributed by atoms with E-state index in [1.807, 2.05) is 12.1 Å². The smallest absolute Gasteiger partial charge is 0.312 e. The average Bonchev–Trinajstić information content (AvgIpc) is 2.98. The summed E-state index contributed by atoms with van der Waals surface area (Å²) in [7, 11) is 0. The topological polar surface area (TPSA) is 91.6 Å². The Balaban J connectivity index is 1.78. The number of nitrogens with one attached hydrogen (secondary N) is 1. The van der Waals surface area contributed by atoms with Gasteiger partial charge in [-0.05, 0) is 18.1 Å². The maximum Gasteiger partial charge on any atom is 0.312 e. The van der Waals surface area contributed by atoms with Gasteiger partial charge in [-0.3, -0.25) is 14.6 Å². The zero-order chi connectivity index (χ0) is 14.6. The molecule has 0 saturated heterocycles. The van der Waals surface area contributed by atoms with Crippen LogP contribution in [0.4, 0.5) is 5.82 Å². The maximum atomic E-state index is 12.5. The molecule has 1 aromatic heterocycles. The van der Waals surface area contributed by atoms with Crippen LogP contribution in [0.25, 0.3) is 0 Å². The number of amides is 1. The molecule has 1 aromatic rings. The molecule has 3 aliphatic rings. The van der Waals surface area contributed by atoms with Crippen LogP contribution in [0.5, 0.6) is 0 Å². The van der Waals surface area contributed by atoms with Gasteiger partial charge >= 0.3 is 5.97 Å². The van der Waals surface area contributed by atoms with E-state index in [9.17, 15) is 9.59 Å². The van der Waals surface area contributed by atoms with E-state index in [1.165, 1.54) is 0 Å². The first-order chi connectivity index (χ1) is 10.1. The third kappa shape index (κ3) is 1.59. The van der Waals surface area contributed by atoms with E-state index in [2.05, 4.69) is 15.3 Å². The van der Waals surface area contributed by atoms with E-state index >= 15 is 0 Å². The first-order valence-electron chi connectivity index (χ1n) is 6.84. The summed E-state index contributed by atoms with van der Waals surface area (Å²) in [5, 5.41) is 11.9. The molecule has 0 radical (unpaired) electrons. The standard InChI is InChI=1S/C15H13N3O3/c19-13(20)9-4-8-5-15(6-11(8)17-7-9)10-2-1-3-16-12(10)18-14(15)21/h1-4,9H,5-7H2,(H,19,20)(H,16,18,21)/t9?,15-/m0/s1. The lowest BCUT2D eigenvalue weighted by atomic mass is 9.80. The molecule has 4 rings (SSSR count). The van der Waals surface area contributed by atoms with Gasteiger partial charge in [0, 0.05) is 23.9 Å². The van der Waals surface area contributed by atoms with Crippen molar-refractivity contribution in [1.82, 2.24) is 4.98 Å². The Morgan fingerprint density at radius 1 is 1.43 bits per heavy atom. The quantitative estimate of drug-likeness (QED) is 0.808. The maximum absolute atomic E-state index is 12.5. The molecule has 2 aliphatic heterocycles. The van der Waals surface area contributed by atoms with Gasteiger partial charge in [0.25, 0.3) is 0 Å². The van der Waals surface area contributed by atoms with Crippen LogP contribution >= 0.6 is 0 Å². The van der Waals surface area contributed by atoms with Crippen molar-refractivity contribution >= 4 is 23.4 Å². The molecule has 1 spiro atoms. The van der Waals surface area contributed by atoms with E-state index < -0.39 is 17.3 Å². The molecule has 1 unspecified atom stereocenters. The molecule has 21 heavy (non-hydrogen) atoms. The van der Waals surface area contributed by atoms with Crippen molar-refractivity contribution in [3.8, 4) is 0 Å². The minimum absolute atomic E-state index is 0.0684. The Kier molecular flexibility index (Phi) is 2.34. The second kappa shape index (κ2) is 4.00. The predicted molar refractivity (Wildman–Crippen MR) is 75.3 cm³/mol. The van der Waals surface area contributed by atoms with Crippen LogP contribution in [0.2, 0.25) is 0 Å². The van der Waals surface area contributed by atoms with E-state index in [0.717, 1.165) is 16.8 Å². The number of allylic oxidation sites excluding steroid dienone is 1. The lowest BCUT2D eigenvalue weighted by Crippen LogP contribution is -2.31. The van der Waals surface area contributed by atoms with Crippen LogP contribution in [-0.2, 0) is 15.0 Å². The molecule has 0 aromatic carbocycles. The number of dihydropyridines is 1. The lowest BCUT2D eigenvalue weighted by molar-refractivity contribution is -0.139. The van der Waals surface area contributed by atoms with Crippen molar-refractivity contribution in [1.29, 1.82) is 0 Å². The highest BCUT2D eigenvalue weighted by molar-refractivity contribution is 6.15. The van der Waals surface area contributed by atoms with E-state index in [4.69, 9.17) is 5.11 Å². The molecule has 6 heteroatoms. The molecule has 2 N–H and O–H groups in total. The summed E-state index contributed by atoms with van der Waals surface area (Å²) in [6, 6.07) is 3.73. The fourth-order valence-corrected chi connectivity index (χ4v) is 3.45. The van der Waals surface area contributed by atoms with E-state index in [0.29, 0.717) is 18.7 Å². The monoisotopic (exact) mass is 283 g/mol. The number of hydrogen-bond donors (Lipinski definition) is 2. The third-order valence-corrected chi connectivity index (χ3v) is 4.52. The number of carboxylic acids is 1. The largest absolute Gasteiger partial charge is 0.481 e. The van der Waals surface area contributed by atoms with Gasteiger partial charge in [-0.2, -0.15) is 0 Å². The van der Waals surface area contributed by atoms with Gasteiger partial charge in [0.05, 0.1) is 17.9 Å². The highest BCUT2D eigenvalue weighted by Gasteiger charge is 2.53.